The highest BCUT2D eigenvalue weighted by Gasteiger charge is 2.39. The normalized spacial score (nSPS) is 17.0. The molecular formula is C27H28N8O2. The highest BCUT2D eigenvalue weighted by molar-refractivity contribution is 5.87. The molecule has 188 valence electrons. The van der Waals surface area contributed by atoms with Crippen molar-refractivity contribution in [2.45, 2.75) is 26.9 Å². The van der Waals surface area contributed by atoms with Gasteiger partial charge in [-0.15, -0.1) is 0 Å². The summed E-state index contributed by atoms with van der Waals surface area (Å²) in [5, 5.41) is 13.8. The van der Waals surface area contributed by atoms with E-state index in [1.165, 1.54) is 6.33 Å². The molecule has 6 rings (SSSR count). The molecule has 1 saturated heterocycles. The summed E-state index contributed by atoms with van der Waals surface area (Å²) in [5.74, 6) is 2.63. The van der Waals surface area contributed by atoms with Crippen molar-refractivity contribution in [2.75, 3.05) is 23.3 Å². The van der Waals surface area contributed by atoms with Gasteiger partial charge in [0.2, 0.25) is 5.95 Å². The maximum atomic E-state index is 10.4. The zero-order valence-corrected chi connectivity index (χ0v) is 21.2. The number of hydrogen-bond acceptors (Lipinski definition) is 9. The fourth-order valence-corrected chi connectivity index (χ4v) is 4.64. The topological polar surface area (TPSA) is 114 Å². The molecule has 4 heterocycles. The highest BCUT2D eigenvalue weighted by Crippen LogP contribution is 2.33. The Morgan fingerprint density at radius 1 is 1.05 bits per heavy atom. The fourth-order valence-electron chi connectivity index (χ4n) is 4.64. The maximum Gasteiger partial charge on any atom is 0.226 e. The van der Waals surface area contributed by atoms with Gasteiger partial charge in [-0.25, -0.2) is 24.9 Å². The number of aryl methyl sites for hydroxylation is 2. The van der Waals surface area contributed by atoms with Gasteiger partial charge in [0.05, 0.1) is 29.7 Å². The molecule has 0 radical (unpaired) electrons. The molecule has 0 spiro atoms. The molecule has 37 heavy (non-hydrogen) atoms. The van der Waals surface area contributed by atoms with E-state index < -0.39 is 6.10 Å². The van der Waals surface area contributed by atoms with E-state index in [4.69, 9.17) is 9.72 Å². The predicted molar refractivity (Wildman–Crippen MR) is 142 cm³/mol. The first-order chi connectivity index (χ1) is 17.8. The molecule has 10 heteroatoms. The summed E-state index contributed by atoms with van der Waals surface area (Å²) in [6, 6.07) is 11.8. The van der Waals surface area contributed by atoms with E-state index >= 15 is 0 Å². The number of aliphatic hydroxyl groups is 1. The van der Waals surface area contributed by atoms with Crippen molar-refractivity contribution in [1.29, 1.82) is 0 Å². The Balaban J connectivity index is 1.25. The first kappa shape index (κ1) is 23.1. The molecule has 0 bridgehead atoms. The number of hydrogen-bond donors (Lipinski definition) is 2. The second-order valence-electron chi connectivity index (χ2n) is 10.2. The number of ether oxygens (including phenoxy) is 1. The monoisotopic (exact) mass is 496 g/mol. The zero-order chi connectivity index (χ0) is 25.7. The summed E-state index contributed by atoms with van der Waals surface area (Å²) in [6.07, 6.45) is 4.54. The van der Waals surface area contributed by atoms with Crippen molar-refractivity contribution in [2.24, 2.45) is 12.5 Å². The Morgan fingerprint density at radius 2 is 1.92 bits per heavy atom. The predicted octanol–water partition coefficient (Wildman–Crippen LogP) is 4.36. The zero-order valence-electron chi connectivity index (χ0n) is 21.2. The standard InChI is InChI=1S/C27H28N8O2/c1-16-9-17(5-8-22(16)37-18-6-7-21-19(10-18)31-15-34(21)4)32-25-24-20(29-14-30-25)11-28-26(33-24)35-12-23(36)27(2,3)13-35/h5-11,14-15,23,36H,12-13H2,1-4H3,(H,29,30,32)/t23-/m1/s1. The third-order valence-electron chi connectivity index (χ3n) is 6.90. The first-order valence-electron chi connectivity index (χ1n) is 12.1. The number of anilines is 3. The van der Waals surface area contributed by atoms with Crippen LogP contribution in [0, 0.1) is 12.3 Å². The molecule has 0 unspecified atom stereocenters. The van der Waals surface area contributed by atoms with Crippen molar-refractivity contribution < 1.29 is 9.84 Å². The van der Waals surface area contributed by atoms with Crippen molar-refractivity contribution in [3.63, 3.8) is 0 Å². The number of rotatable bonds is 5. The molecular weight excluding hydrogens is 468 g/mol. The molecule has 3 aromatic heterocycles. The van der Waals surface area contributed by atoms with E-state index in [2.05, 4.69) is 25.3 Å². The van der Waals surface area contributed by atoms with Crippen LogP contribution in [0.5, 0.6) is 11.5 Å². The van der Waals surface area contributed by atoms with Crippen molar-refractivity contribution in [3.8, 4) is 11.5 Å². The second kappa shape index (κ2) is 8.67. The minimum atomic E-state index is -0.439. The van der Waals surface area contributed by atoms with Crippen LogP contribution in [-0.4, -0.2) is 53.8 Å². The number of benzene rings is 2. The van der Waals surface area contributed by atoms with E-state index in [9.17, 15) is 5.11 Å². The smallest absolute Gasteiger partial charge is 0.226 e. The lowest BCUT2D eigenvalue weighted by molar-refractivity contribution is 0.0964. The number of imidazole rings is 1. The van der Waals surface area contributed by atoms with Crippen LogP contribution < -0.4 is 15.0 Å². The maximum absolute atomic E-state index is 10.4. The van der Waals surface area contributed by atoms with Crippen molar-refractivity contribution >= 4 is 39.5 Å². The van der Waals surface area contributed by atoms with Gasteiger partial charge in [0.1, 0.15) is 28.9 Å². The molecule has 2 aromatic carbocycles. The SMILES string of the molecule is Cc1cc(Nc2ncnc3cnc(N4C[C@@H](O)C(C)(C)C4)nc23)ccc1Oc1ccc2c(c1)ncn2C. The summed E-state index contributed by atoms with van der Waals surface area (Å²) in [5.41, 5.74) is 4.79. The number of aromatic nitrogens is 6. The van der Waals surface area contributed by atoms with E-state index in [0.29, 0.717) is 35.9 Å². The first-order valence-corrected chi connectivity index (χ1v) is 12.1. The Kier molecular flexibility index (Phi) is 5.41. The Labute approximate surface area is 214 Å². The Hall–Kier alpha value is -4.31. The summed E-state index contributed by atoms with van der Waals surface area (Å²) in [4.78, 5) is 24.4. The van der Waals surface area contributed by atoms with Gasteiger partial charge < -0.3 is 24.6 Å². The molecule has 5 aromatic rings. The van der Waals surface area contributed by atoms with Gasteiger partial charge in [-0.1, -0.05) is 13.8 Å². The van der Waals surface area contributed by atoms with Gasteiger partial charge in [0.15, 0.2) is 5.82 Å². The lowest BCUT2D eigenvalue weighted by Gasteiger charge is -2.21. The van der Waals surface area contributed by atoms with Crippen LogP contribution in [0.25, 0.3) is 22.1 Å². The Bertz CT molecular complexity index is 1630. The highest BCUT2D eigenvalue weighted by atomic mass is 16.5. The van der Waals surface area contributed by atoms with E-state index in [1.807, 2.05) is 73.7 Å². The largest absolute Gasteiger partial charge is 0.457 e. The van der Waals surface area contributed by atoms with Crippen LogP contribution in [-0.2, 0) is 7.05 Å². The minimum Gasteiger partial charge on any atom is -0.457 e. The van der Waals surface area contributed by atoms with Crippen LogP contribution in [0.1, 0.15) is 19.4 Å². The third-order valence-corrected chi connectivity index (χ3v) is 6.90. The van der Waals surface area contributed by atoms with Crippen LogP contribution in [0.3, 0.4) is 0 Å². The summed E-state index contributed by atoms with van der Waals surface area (Å²) < 4.78 is 8.13. The number of nitrogens with one attached hydrogen (secondary N) is 1. The van der Waals surface area contributed by atoms with Gasteiger partial charge in [-0.2, -0.15) is 0 Å². The molecule has 2 N–H and O–H groups in total. The average Bonchev–Trinajstić information content (AvgIpc) is 3.38. The number of nitrogens with zero attached hydrogens (tertiary/aromatic N) is 7. The quantitative estimate of drug-likeness (QED) is 0.366. The molecule has 1 atom stereocenters. The van der Waals surface area contributed by atoms with E-state index in [1.54, 1.807) is 12.5 Å². The molecule has 1 fully saturated rings. The molecule has 0 aliphatic carbocycles. The van der Waals surface area contributed by atoms with Gasteiger partial charge in [-0.3, -0.25) is 0 Å². The van der Waals surface area contributed by atoms with Crippen LogP contribution >= 0.6 is 0 Å². The van der Waals surface area contributed by atoms with E-state index in [-0.39, 0.29) is 5.41 Å². The summed E-state index contributed by atoms with van der Waals surface area (Å²) in [7, 11) is 1.97. The van der Waals surface area contributed by atoms with Gasteiger partial charge >= 0.3 is 0 Å². The minimum absolute atomic E-state index is 0.225. The number of β-amino-alcohol motifs (C(OH)–C–C–N with tert-alkyl or cyclic N) is 1. The van der Waals surface area contributed by atoms with Crippen molar-refractivity contribution in [1.82, 2.24) is 29.5 Å². The van der Waals surface area contributed by atoms with Gasteiger partial charge in [0.25, 0.3) is 0 Å². The molecule has 1 aliphatic heterocycles. The lowest BCUT2D eigenvalue weighted by Crippen LogP contribution is -2.26. The van der Waals surface area contributed by atoms with Crippen molar-refractivity contribution in [3.05, 3.63) is 60.8 Å². The third kappa shape index (κ3) is 4.29. The fraction of sp³-hybridized carbons (Fsp3) is 0.296. The molecule has 10 nitrogen and oxygen atoms in total. The molecule has 0 saturated carbocycles. The molecule has 1 aliphatic rings. The Morgan fingerprint density at radius 3 is 2.70 bits per heavy atom. The second-order valence-corrected chi connectivity index (χ2v) is 10.2. The van der Waals surface area contributed by atoms with Crippen LogP contribution in [0.2, 0.25) is 0 Å². The average molecular weight is 497 g/mol. The number of aliphatic hydroxyl groups excluding tert-OH is 1. The van der Waals surface area contributed by atoms with Gasteiger partial charge in [-0.05, 0) is 42.8 Å². The molecule has 0 amide bonds. The van der Waals surface area contributed by atoms with Gasteiger partial charge in [0, 0.05) is 37.3 Å². The summed E-state index contributed by atoms with van der Waals surface area (Å²) >= 11 is 0. The number of fused-ring (bicyclic) bond motifs is 2. The van der Waals surface area contributed by atoms with Crippen LogP contribution in [0.15, 0.2) is 55.2 Å². The summed E-state index contributed by atoms with van der Waals surface area (Å²) in [6.45, 7) is 7.24. The van der Waals surface area contributed by atoms with Crippen LogP contribution in [0.4, 0.5) is 17.5 Å². The van der Waals surface area contributed by atoms with E-state index in [0.717, 1.165) is 33.8 Å². The lowest BCUT2D eigenvalue weighted by atomic mass is 9.90.